The number of methoxy groups -OCH3 is 1. The Morgan fingerprint density at radius 1 is 1.28 bits per heavy atom. The average Bonchev–Trinajstić information content (AvgIpc) is 3.44. The lowest BCUT2D eigenvalue weighted by Gasteiger charge is -2.15. The normalized spacial score (nSPS) is 20.5. The van der Waals surface area contributed by atoms with Crippen molar-refractivity contribution in [1.82, 2.24) is 25.6 Å². The van der Waals surface area contributed by atoms with Gasteiger partial charge in [0.25, 0.3) is 5.91 Å². The molecule has 1 amide bonds. The zero-order chi connectivity index (χ0) is 22.2. The number of nitrogens with one attached hydrogen (secondary N) is 3. The number of rotatable bonds is 7. The zero-order valence-corrected chi connectivity index (χ0v) is 18.1. The molecule has 1 aliphatic carbocycles. The van der Waals surface area contributed by atoms with Crippen LogP contribution in [0.2, 0.25) is 0 Å². The molecule has 0 spiro atoms. The van der Waals surface area contributed by atoms with E-state index in [1.165, 1.54) is 19.2 Å². The highest BCUT2D eigenvalue weighted by atomic mass is 16.5. The second kappa shape index (κ2) is 8.40. The van der Waals surface area contributed by atoms with E-state index in [1.807, 2.05) is 25.1 Å². The van der Waals surface area contributed by atoms with Crippen LogP contribution >= 0.6 is 0 Å². The number of aliphatic hydroxyl groups excluding tert-OH is 1. The number of aliphatic hydroxyl groups is 1. The lowest BCUT2D eigenvalue weighted by Crippen LogP contribution is -2.42. The first-order valence-corrected chi connectivity index (χ1v) is 10.9. The minimum atomic E-state index is -0.611. The van der Waals surface area contributed by atoms with Gasteiger partial charge in [-0.25, -0.2) is 9.97 Å². The Bertz CT molecular complexity index is 1160. The molecule has 0 unspecified atom stereocenters. The molecule has 3 aromatic rings. The number of carbonyl (C=O) groups excluding carboxylic acids is 1. The van der Waals surface area contributed by atoms with Gasteiger partial charge in [-0.15, -0.1) is 0 Å². The van der Waals surface area contributed by atoms with Crippen LogP contribution in [-0.2, 0) is 0 Å². The third-order valence-electron chi connectivity index (χ3n) is 6.11. The fraction of sp³-hybridized carbons (Fsp3) is 0.435. The highest BCUT2D eigenvalue weighted by molar-refractivity contribution is 6.09. The molecule has 9 nitrogen and oxygen atoms in total. The van der Waals surface area contributed by atoms with Crippen LogP contribution in [0.25, 0.3) is 22.3 Å². The van der Waals surface area contributed by atoms with Gasteiger partial charge in [0.05, 0.1) is 36.9 Å². The topological polar surface area (TPSA) is 121 Å². The smallest absolute Gasteiger partial charge is 0.255 e. The maximum Gasteiger partial charge on any atom is 0.255 e. The van der Waals surface area contributed by atoms with E-state index >= 15 is 0 Å². The number of aromatic nitrogens is 3. The van der Waals surface area contributed by atoms with Crippen LogP contribution in [0.15, 0.2) is 24.5 Å². The van der Waals surface area contributed by atoms with Crippen LogP contribution in [0.5, 0.6) is 11.5 Å². The largest absolute Gasteiger partial charge is 0.497 e. The van der Waals surface area contributed by atoms with E-state index in [4.69, 9.17) is 9.47 Å². The Morgan fingerprint density at radius 2 is 2.12 bits per heavy atom. The van der Waals surface area contributed by atoms with Gasteiger partial charge in [0.1, 0.15) is 29.0 Å². The average molecular weight is 438 g/mol. The number of ether oxygens (including phenoxy) is 2. The molecule has 0 bridgehead atoms. The van der Waals surface area contributed by atoms with E-state index in [2.05, 4.69) is 25.6 Å². The van der Waals surface area contributed by atoms with E-state index in [0.29, 0.717) is 65.1 Å². The number of amides is 1. The fourth-order valence-electron chi connectivity index (χ4n) is 4.09. The molecular weight excluding hydrogens is 410 g/mol. The molecule has 1 aromatic carbocycles. The van der Waals surface area contributed by atoms with Gasteiger partial charge in [0.2, 0.25) is 0 Å². The second-order valence-corrected chi connectivity index (χ2v) is 8.49. The monoisotopic (exact) mass is 437 g/mol. The van der Waals surface area contributed by atoms with Crippen LogP contribution in [0, 0.1) is 12.8 Å². The molecule has 3 heterocycles. The van der Waals surface area contributed by atoms with Gasteiger partial charge in [0.15, 0.2) is 0 Å². The molecule has 2 fully saturated rings. The van der Waals surface area contributed by atoms with Crippen molar-refractivity contribution in [3.63, 3.8) is 0 Å². The summed E-state index contributed by atoms with van der Waals surface area (Å²) in [7, 11) is 1.62. The van der Waals surface area contributed by atoms with Gasteiger partial charge in [-0.05, 0) is 37.8 Å². The van der Waals surface area contributed by atoms with Gasteiger partial charge >= 0.3 is 0 Å². The van der Waals surface area contributed by atoms with Crippen molar-refractivity contribution in [2.75, 3.05) is 26.8 Å². The predicted molar refractivity (Wildman–Crippen MR) is 119 cm³/mol. The molecule has 1 saturated carbocycles. The summed E-state index contributed by atoms with van der Waals surface area (Å²) in [6, 6.07) is 5.31. The Labute approximate surface area is 185 Å². The van der Waals surface area contributed by atoms with Crippen molar-refractivity contribution in [3.8, 4) is 22.8 Å². The zero-order valence-electron chi connectivity index (χ0n) is 18.1. The van der Waals surface area contributed by atoms with E-state index in [9.17, 15) is 9.90 Å². The molecule has 9 heteroatoms. The summed E-state index contributed by atoms with van der Waals surface area (Å²) in [6.07, 6.45) is 3.23. The molecule has 2 atom stereocenters. The molecular formula is C23H27N5O4. The molecule has 1 saturated heterocycles. The van der Waals surface area contributed by atoms with Gasteiger partial charge in [0, 0.05) is 30.4 Å². The number of hydrogen-bond donors (Lipinski definition) is 4. The van der Waals surface area contributed by atoms with Crippen LogP contribution < -0.4 is 20.1 Å². The number of aromatic amines is 1. The highest BCUT2D eigenvalue weighted by Crippen LogP contribution is 2.38. The van der Waals surface area contributed by atoms with E-state index < -0.39 is 6.10 Å². The quantitative estimate of drug-likeness (QED) is 0.445. The van der Waals surface area contributed by atoms with Crippen molar-refractivity contribution in [3.05, 3.63) is 35.8 Å². The summed E-state index contributed by atoms with van der Waals surface area (Å²) < 4.78 is 11.5. The summed E-state index contributed by atoms with van der Waals surface area (Å²) in [6.45, 7) is 3.49. The van der Waals surface area contributed by atoms with Crippen molar-refractivity contribution < 1.29 is 19.4 Å². The molecule has 1 aliphatic heterocycles. The fourth-order valence-corrected chi connectivity index (χ4v) is 4.09. The summed E-state index contributed by atoms with van der Waals surface area (Å²) in [4.78, 5) is 25.3. The lowest BCUT2D eigenvalue weighted by molar-refractivity contribution is 0.0889. The SMILES string of the molecule is COc1ccc(-c2ncnc3c(C(=O)N[C@@H]4CNC[C@@H]4O)c(C)[nH]c23)c(OCC2CC2)c1. The highest BCUT2D eigenvalue weighted by Gasteiger charge is 2.29. The lowest BCUT2D eigenvalue weighted by atomic mass is 10.1. The summed E-state index contributed by atoms with van der Waals surface area (Å²) in [5.74, 6) is 1.72. The molecule has 0 radical (unpaired) electrons. The van der Waals surface area contributed by atoms with E-state index in [-0.39, 0.29) is 11.9 Å². The van der Waals surface area contributed by atoms with Crippen molar-refractivity contribution in [1.29, 1.82) is 0 Å². The van der Waals surface area contributed by atoms with Crippen molar-refractivity contribution in [2.24, 2.45) is 5.92 Å². The molecule has 2 aliphatic rings. The number of H-pyrrole nitrogens is 1. The Morgan fingerprint density at radius 3 is 2.84 bits per heavy atom. The first kappa shape index (κ1) is 20.7. The third-order valence-corrected chi connectivity index (χ3v) is 6.11. The summed E-state index contributed by atoms with van der Waals surface area (Å²) >= 11 is 0. The minimum Gasteiger partial charge on any atom is -0.497 e. The van der Waals surface area contributed by atoms with Gasteiger partial charge in [-0.2, -0.15) is 0 Å². The van der Waals surface area contributed by atoms with Gasteiger partial charge in [-0.1, -0.05) is 0 Å². The molecule has 4 N–H and O–H groups in total. The number of benzene rings is 1. The van der Waals surface area contributed by atoms with Crippen LogP contribution in [0.3, 0.4) is 0 Å². The van der Waals surface area contributed by atoms with Gasteiger partial charge < -0.3 is 30.2 Å². The number of hydrogen-bond acceptors (Lipinski definition) is 7. The summed E-state index contributed by atoms with van der Waals surface area (Å²) in [5, 5.41) is 16.0. The van der Waals surface area contributed by atoms with E-state index in [0.717, 1.165) is 5.56 Å². The maximum atomic E-state index is 13.1. The number of β-amino-alcohol motifs (C(OH)–C–C–N with tert-alkyl or cyclic N) is 1. The number of nitrogens with zero attached hydrogens (tertiary/aromatic N) is 2. The first-order chi connectivity index (χ1) is 15.5. The molecule has 32 heavy (non-hydrogen) atoms. The Kier molecular flexibility index (Phi) is 5.44. The second-order valence-electron chi connectivity index (χ2n) is 8.49. The van der Waals surface area contributed by atoms with Crippen LogP contribution in [0.1, 0.15) is 28.9 Å². The molecule has 5 rings (SSSR count). The number of carbonyl (C=O) groups is 1. The third kappa shape index (κ3) is 3.89. The van der Waals surface area contributed by atoms with Crippen LogP contribution in [0.4, 0.5) is 0 Å². The Balaban J connectivity index is 1.53. The van der Waals surface area contributed by atoms with Crippen molar-refractivity contribution >= 4 is 16.9 Å². The summed E-state index contributed by atoms with van der Waals surface area (Å²) in [5.41, 5.74) is 3.82. The maximum absolute atomic E-state index is 13.1. The number of fused-ring (bicyclic) bond motifs is 1. The minimum absolute atomic E-state index is 0.272. The number of aryl methyl sites for hydroxylation is 1. The van der Waals surface area contributed by atoms with Crippen LogP contribution in [-0.4, -0.2) is 64.9 Å². The standard InChI is InChI=1S/C23H27N5O4/c1-12-19(23(30)28-16-8-24-9-17(16)29)21-22(27-12)20(25-11-26-21)15-6-5-14(31-2)7-18(15)32-10-13-3-4-13/h5-7,11,13,16-17,24,27,29H,3-4,8-10H2,1-2H3,(H,28,30)/t16-,17+/m1/s1. The first-order valence-electron chi connectivity index (χ1n) is 10.9. The van der Waals surface area contributed by atoms with E-state index in [1.54, 1.807) is 7.11 Å². The molecule has 168 valence electrons. The van der Waals surface area contributed by atoms with Gasteiger partial charge in [-0.3, -0.25) is 4.79 Å². The van der Waals surface area contributed by atoms with Crippen molar-refractivity contribution in [2.45, 2.75) is 31.9 Å². The Hall–Kier alpha value is -3.17. The molecule has 2 aromatic heterocycles. The predicted octanol–water partition coefficient (Wildman–Crippen LogP) is 1.79.